The predicted octanol–water partition coefficient (Wildman–Crippen LogP) is 0.567. The fourth-order valence-electron chi connectivity index (χ4n) is 2.16. The van der Waals surface area contributed by atoms with Gasteiger partial charge in [-0.3, -0.25) is 4.79 Å². The summed E-state index contributed by atoms with van der Waals surface area (Å²) in [4.78, 5) is 23.3. The smallest absolute Gasteiger partial charge is 0.358 e. The van der Waals surface area contributed by atoms with Crippen molar-refractivity contribution in [2.24, 2.45) is 0 Å². The van der Waals surface area contributed by atoms with E-state index in [0.29, 0.717) is 18.8 Å². The molecule has 1 unspecified atom stereocenters. The topological polar surface area (TPSA) is 106 Å². The summed E-state index contributed by atoms with van der Waals surface area (Å²) < 4.78 is 6.35. The van der Waals surface area contributed by atoms with Gasteiger partial charge in [-0.25, -0.2) is 9.48 Å². The fraction of sp³-hybridized carbons (Fsp3) is 0.692. The summed E-state index contributed by atoms with van der Waals surface area (Å²) in [5.41, 5.74) is 0.513. The Balaban J connectivity index is 2.06. The van der Waals surface area contributed by atoms with Gasteiger partial charge in [-0.05, 0) is 26.2 Å². The van der Waals surface area contributed by atoms with Crippen molar-refractivity contribution in [1.29, 1.82) is 0 Å². The van der Waals surface area contributed by atoms with Crippen LogP contribution in [0.3, 0.4) is 0 Å². The first-order chi connectivity index (χ1) is 10.1. The minimum Gasteiger partial charge on any atom is -0.476 e. The average molecular weight is 296 g/mol. The van der Waals surface area contributed by atoms with Crippen molar-refractivity contribution in [3.63, 3.8) is 0 Å². The molecular formula is C13H20N4O4. The zero-order valence-corrected chi connectivity index (χ0v) is 12.2. The van der Waals surface area contributed by atoms with Crippen LogP contribution in [0.25, 0.3) is 0 Å². The molecule has 0 bridgehead atoms. The van der Waals surface area contributed by atoms with E-state index in [-0.39, 0.29) is 17.5 Å². The lowest BCUT2D eigenvalue weighted by Gasteiger charge is -2.14. The maximum atomic E-state index is 12.1. The van der Waals surface area contributed by atoms with E-state index < -0.39 is 12.0 Å². The number of aromatic nitrogens is 3. The molecule has 0 aliphatic heterocycles. The summed E-state index contributed by atoms with van der Waals surface area (Å²) in [6, 6.07) is -0.580. The lowest BCUT2D eigenvalue weighted by molar-refractivity contribution is -0.124. The zero-order valence-electron chi connectivity index (χ0n) is 12.2. The number of carboxylic acid groups (broad SMARTS) is 1. The number of ether oxygens (including phenoxy) is 1. The van der Waals surface area contributed by atoms with Gasteiger partial charge in [0.1, 0.15) is 6.04 Å². The molecule has 1 aromatic rings. The molecular weight excluding hydrogens is 276 g/mol. The molecule has 116 valence electrons. The van der Waals surface area contributed by atoms with Gasteiger partial charge in [0.25, 0.3) is 0 Å². The van der Waals surface area contributed by atoms with E-state index in [2.05, 4.69) is 15.6 Å². The van der Waals surface area contributed by atoms with E-state index in [1.54, 1.807) is 14.0 Å². The van der Waals surface area contributed by atoms with Gasteiger partial charge in [0, 0.05) is 26.2 Å². The third kappa shape index (κ3) is 3.57. The van der Waals surface area contributed by atoms with E-state index in [9.17, 15) is 9.59 Å². The second-order valence-corrected chi connectivity index (χ2v) is 5.16. The molecule has 8 nitrogen and oxygen atoms in total. The second-order valence-electron chi connectivity index (χ2n) is 5.16. The van der Waals surface area contributed by atoms with Crippen LogP contribution < -0.4 is 5.32 Å². The monoisotopic (exact) mass is 296 g/mol. The highest BCUT2D eigenvalue weighted by Crippen LogP contribution is 2.41. The van der Waals surface area contributed by atoms with Gasteiger partial charge in [0.15, 0.2) is 5.69 Å². The van der Waals surface area contributed by atoms with Crippen LogP contribution in [0.2, 0.25) is 0 Å². The number of carbonyl (C=O) groups excluding carboxylic acids is 1. The number of carboxylic acids is 1. The minimum absolute atomic E-state index is 0.0449. The zero-order chi connectivity index (χ0) is 15.4. The Bertz CT molecular complexity index is 524. The van der Waals surface area contributed by atoms with Crippen LogP contribution in [0.5, 0.6) is 0 Å². The minimum atomic E-state index is -1.10. The van der Waals surface area contributed by atoms with E-state index in [4.69, 9.17) is 9.84 Å². The maximum Gasteiger partial charge on any atom is 0.358 e. The molecule has 0 spiro atoms. The summed E-state index contributed by atoms with van der Waals surface area (Å²) in [5.74, 6) is -1.15. The molecule has 8 heteroatoms. The van der Waals surface area contributed by atoms with Crippen molar-refractivity contribution in [3.8, 4) is 0 Å². The van der Waals surface area contributed by atoms with Crippen molar-refractivity contribution < 1.29 is 19.4 Å². The number of carbonyl (C=O) groups is 2. The Morgan fingerprint density at radius 3 is 2.81 bits per heavy atom. The van der Waals surface area contributed by atoms with Gasteiger partial charge in [0.2, 0.25) is 5.91 Å². The predicted molar refractivity (Wildman–Crippen MR) is 73.2 cm³/mol. The lowest BCUT2D eigenvalue weighted by Crippen LogP contribution is -2.33. The van der Waals surface area contributed by atoms with Crippen molar-refractivity contribution in [1.82, 2.24) is 20.3 Å². The van der Waals surface area contributed by atoms with Gasteiger partial charge < -0.3 is 15.2 Å². The maximum absolute atomic E-state index is 12.1. The van der Waals surface area contributed by atoms with Crippen LogP contribution in [0.1, 0.15) is 54.3 Å². The molecule has 1 aliphatic carbocycles. The molecule has 0 aromatic carbocycles. The molecule has 1 heterocycles. The molecule has 0 saturated heterocycles. The molecule has 1 saturated carbocycles. The number of nitrogens with one attached hydrogen (secondary N) is 1. The van der Waals surface area contributed by atoms with E-state index in [0.717, 1.165) is 19.3 Å². The molecule has 2 N–H and O–H groups in total. The Morgan fingerprint density at radius 2 is 2.24 bits per heavy atom. The summed E-state index contributed by atoms with van der Waals surface area (Å²) >= 11 is 0. The van der Waals surface area contributed by atoms with Crippen molar-refractivity contribution in [2.45, 2.75) is 38.1 Å². The Hall–Kier alpha value is -1.96. The van der Waals surface area contributed by atoms with Gasteiger partial charge >= 0.3 is 5.97 Å². The number of hydrogen-bond acceptors (Lipinski definition) is 5. The molecule has 1 aromatic heterocycles. The number of nitrogens with zero attached hydrogens (tertiary/aromatic N) is 3. The van der Waals surface area contributed by atoms with Gasteiger partial charge in [-0.1, -0.05) is 5.21 Å². The quantitative estimate of drug-likeness (QED) is 0.679. The highest BCUT2D eigenvalue weighted by Gasteiger charge is 2.36. The van der Waals surface area contributed by atoms with Gasteiger partial charge in [-0.15, -0.1) is 5.10 Å². The SMILES string of the molecule is COCCCNC(=O)C(C)n1nnc(C(=O)O)c1C1CC1. The van der Waals surface area contributed by atoms with Gasteiger partial charge in [-0.2, -0.15) is 0 Å². The lowest BCUT2D eigenvalue weighted by atomic mass is 10.2. The number of hydrogen-bond donors (Lipinski definition) is 2. The molecule has 1 atom stereocenters. The average Bonchev–Trinajstić information content (AvgIpc) is 3.20. The van der Waals surface area contributed by atoms with Gasteiger partial charge in [0.05, 0.1) is 5.69 Å². The van der Waals surface area contributed by atoms with Crippen LogP contribution in [-0.4, -0.2) is 52.2 Å². The first-order valence-electron chi connectivity index (χ1n) is 7.01. The standard InChI is InChI=1S/C13H20N4O4/c1-8(12(18)14-6-3-7-21-2)17-11(9-4-5-9)10(13(19)20)15-16-17/h8-9H,3-7H2,1-2H3,(H,14,18)(H,19,20). The van der Waals surface area contributed by atoms with Crippen molar-refractivity contribution in [2.75, 3.05) is 20.3 Å². The molecule has 21 heavy (non-hydrogen) atoms. The highest BCUT2D eigenvalue weighted by molar-refractivity contribution is 5.87. The third-order valence-electron chi connectivity index (χ3n) is 3.47. The number of amides is 1. The molecule has 1 aliphatic rings. The van der Waals surface area contributed by atoms with Crippen molar-refractivity contribution in [3.05, 3.63) is 11.4 Å². The Morgan fingerprint density at radius 1 is 1.52 bits per heavy atom. The molecule has 1 fully saturated rings. The van der Waals surface area contributed by atoms with Crippen LogP contribution in [0.15, 0.2) is 0 Å². The fourth-order valence-corrected chi connectivity index (χ4v) is 2.16. The number of aromatic carboxylic acids is 1. The van der Waals surface area contributed by atoms with E-state index in [1.807, 2.05) is 0 Å². The van der Waals surface area contributed by atoms with E-state index >= 15 is 0 Å². The largest absolute Gasteiger partial charge is 0.476 e. The Labute approximate surface area is 122 Å². The van der Waals surface area contributed by atoms with Crippen LogP contribution in [-0.2, 0) is 9.53 Å². The van der Waals surface area contributed by atoms with Crippen LogP contribution in [0, 0.1) is 0 Å². The summed E-state index contributed by atoms with van der Waals surface area (Å²) in [5, 5.41) is 19.5. The van der Waals surface area contributed by atoms with E-state index in [1.165, 1.54) is 4.68 Å². The normalized spacial score (nSPS) is 15.7. The first-order valence-corrected chi connectivity index (χ1v) is 7.01. The van der Waals surface area contributed by atoms with Crippen LogP contribution >= 0.6 is 0 Å². The summed E-state index contributed by atoms with van der Waals surface area (Å²) in [6.07, 6.45) is 2.55. The highest BCUT2D eigenvalue weighted by atomic mass is 16.5. The summed E-state index contributed by atoms with van der Waals surface area (Å²) in [6.45, 7) is 2.78. The van der Waals surface area contributed by atoms with Crippen LogP contribution in [0.4, 0.5) is 0 Å². The molecule has 1 amide bonds. The number of methoxy groups -OCH3 is 1. The second kappa shape index (κ2) is 6.66. The summed E-state index contributed by atoms with van der Waals surface area (Å²) in [7, 11) is 1.61. The first kappa shape index (κ1) is 15.4. The number of rotatable bonds is 8. The third-order valence-corrected chi connectivity index (χ3v) is 3.47. The molecule has 2 rings (SSSR count). The Kier molecular flexibility index (Phi) is 4.89. The molecule has 0 radical (unpaired) electrons. The van der Waals surface area contributed by atoms with Crippen molar-refractivity contribution >= 4 is 11.9 Å².